The van der Waals surface area contributed by atoms with E-state index in [9.17, 15) is 9.59 Å². The molecule has 1 aliphatic heterocycles. The van der Waals surface area contributed by atoms with Gasteiger partial charge in [-0.2, -0.15) is 0 Å². The van der Waals surface area contributed by atoms with Crippen molar-refractivity contribution < 1.29 is 14.3 Å². The van der Waals surface area contributed by atoms with Crippen LogP contribution in [0.3, 0.4) is 0 Å². The summed E-state index contributed by atoms with van der Waals surface area (Å²) in [5, 5.41) is 0.628. The summed E-state index contributed by atoms with van der Waals surface area (Å²) >= 11 is 1.29. The molecule has 1 atom stereocenters. The number of carbonyl (C=O) groups is 1. The molecule has 0 saturated carbocycles. The Morgan fingerprint density at radius 2 is 1.83 bits per heavy atom. The number of nitrogens with zero attached hydrogens (tertiary/aromatic N) is 3. The van der Waals surface area contributed by atoms with Gasteiger partial charge in [0.15, 0.2) is 5.16 Å². The van der Waals surface area contributed by atoms with Crippen LogP contribution in [-0.2, 0) is 9.53 Å². The maximum Gasteiger partial charge on any atom is 0.266 e. The van der Waals surface area contributed by atoms with Crippen LogP contribution in [0.5, 0.6) is 5.75 Å². The summed E-state index contributed by atoms with van der Waals surface area (Å²) in [6, 6.07) is 14.5. The molecule has 0 spiro atoms. The zero-order valence-electron chi connectivity index (χ0n) is 16.9. The number of methoxy groups -OCH3 is 1. The zero-order chi connectivity index (χ0) is 21.1. The molecule has 1 amide bonds. The maximum atomic E-state index is 13.3. The largest absolute Gasteiger partial charge is 0.497 e. The summed E-state index contributed by atoms with van der Waals surface area (Å²) in [7, 11) is 1.60. The first kappa shape index (κ1) is 20.4. The number of carbonyl (C=O) groups excluding carboxylic acids is 1. The van der Waals surface area contributed by atoms with Crippen molar-refractivity contribution >= 4 is 28.6 Å². The van der Waals surface area contributed by atoms with Gasteiger partial charge >= 0.3 is 0 Å². The van der Waals surface area contributed by atoms with Crippen LogP contribution in [0, 0.1) is 0 Å². The molecule has 2 aromatic carbocycles. The fourth-order valence-electron chi connectivity index (χ4n) is 3.40. The first-order chi connectivity index (χ1) is 14.6. The lowest BCUT2D eigenvalue weighted by Gasteiger charge is -2.29. The molecule has 30 heavy (non-hydrogen) atoms. The van der Waals surface area contributed by atoms with E-state index in [0.717, 1.165) is 0 Å². The van der Waals surface area contributed by atoms with Gasteiger partial charge in [-0.3, -0.25) is 14.2 Å². The van der Waals surface area contributed by atoms with Gasteiger partial charge in [-0.25, -0.2) is 4.98 Å². The van der Waals surface area contributed by atoms with E-state index in [1.54, 1.807) is 34.8 Å². The van der Waals surface area contributed by atoms with Crippen molar-refractivity contribution in [2.24, 2.45) is 0 Å². The van der Waals surface area contributed by atoms with Crippen LogP contribution in [-0.4, -0.2) is 59.0 Å². The minimum Gasteiger partial charge on any atom is -0.497 e. The highest BCUT2D eigenvalue weighted by molar-refractivity contribution is 8.00. The summed E-state index contributed by atoms with van der Waals surface area (Å²) < 4.78 is 12.1. The van der Waals surface area contributed by atoms with E-state index in [-0.39, 0.29) is 16.7 Å². The zero-order valence-corrected chi connectivity index (χ0v) is 17.7. The topological polar surface area (TPSA) is 73.7 Å². The van der Waals surface area contributed by atoms with Gasteiger partial charge in [0.1, 0.15) is 5.75 Å². The van der Waals surface area contributed by atoms with Crippen LogP contribution in [0.4, 0.5) is 0 Å². The van der Waals surface area contributed by atoms with Gasteiger partial charge in [-0.1, -0.05) is 23.9 Å². The van der Waals surface area contributed by atoms with Crippen molar-refractivity contribution in [2.75, 3.05) is 33.4 Å². The lowest BCUT2D eigenvalue weighted by atomic mass is 10.2. The first-order valence-electron chi connectivity index (χ1n) is 9.78. The molecule has 0 unspecified atom stereocenters. The van der Waals surface area contributed by atoms with E-state index in [1.807, 2.05) is 37.3 Å². The van der Waals surface area contributed by atoms with Crippen LogP contribution in [0.2, 0.25) is 0 Å². The Labute approximate surface area is 178 Å². The van der Waals surface area contributed by atoms with E-state index in [2.05, 4.69) is 0 Å². The predicted molar refractivity (Wildman–Crippen MR) is 117 cm³/mol. The van der Waals surface area contributed by atoms with Crippen LogP contribution in [0.15, 0.2) is 58.5 Å². The van der Waals surface area contributed by atoms with Gasteiger partial charge in [0.05, 0.1) is 42.2 Å². The molecule has 1 saturated heterocycles. The van der Waals surface area contributed by atoms with Gasteiger partial charge in [0.2, 0.25) is 5.91 Å². The van der Waals surface area contributed by atoms with E-state index < -0.39 is 0 Å². The number of amides is 1. The lowest BCUT2D eigenvalue weighted by Crippen LogP contribution is -2.44. The van der Waals surface area contributed by atoms with E-state index in [4.69, 9.17) is 14.5 Å². The Hall–Kier alpha value is -2.84. The van der Waals surface area contributed by atoms with Crippen LogP contribution in [0.25, 0.3) is 16.6 Å². The molecule has 4 rings (SSSR count). The number of para-hydroxylation sites is 1. The number of hydrogen-bond donors (Lipinski definition) is 0. The maximum absolute atomic E-state index is 13.3. The molecule has 0 radical (unpaired) electrons. The van der Waals surface area contributed by atoms with Crippen LogP contribution >= 0.6 is 11.8 Å². The Kier molecular flexibility index (Phi) is 6.06. The second kappa shape index (κ2) is 8.89. The standard InChI is InChI=1S/C22H23N3O4S/c1-15(20(26)24-11-13-29-14-12-24)30-22-23-19-6-4-3-5-18(19)21(27)25(22)16-7-9-17(28-2)10-8-16/h3-10,15H,11-14H2,1-2H3/t15-/m1/s1. The smallest absolute Gasteiger partial charge is 0.266 e. The number of ether oxygens (including phenoxy) is 2. The molecule has 0 N–H and O–H groups in total. The normalized spacial score (nSPS) is 15.2. The van der Waals surface area contributed by atoms with Crippen molar-refractivity contribution in [2.45, 2.75) is 17.3 Å². The quantitative estimate of drug-likeness (QED) is 0.462. The van der Waals surface area contributed by atoms with Gasteiger partial charge in [0.25, 0.3) is 5.56 Å². The van der Waals surface area contributed by atoms with Gasteiger partial charge < -0.3 is 14.4 Å². The van der Waals surface area contributed by atoms with Crippen molar-refractivity contribution in [1.29, 1.82) is 0 Å². The third kappa shape index (κ3) is 4.06. The lowest BCUT2D eigenvalue weighted by molar-refractivity contribution is -0.134. The van der Waals surface area contributed by atoms with E-state index >= 15 is 0 Å². The highest BCUT2D eigenvalue weighted by Gasteiger charge is 2.25. The first-order valence-corrected chi connectivity index (χ1v) is 10.7. The Balaban J connectivity index is 1.75. The molecule has 1 fully saturated rings. The molecule has 2 heterocycles. The highest BCUT2D eigenvalue weighted by Crippen LogP contribution is 2.27. The van der Waals surface area contributed by atoms with Gasteiger partial charge in [-0.05, 0) is 43.3 Å². The summed E-state index contributed by atoms with van der Waals surface area (Å²) in [5.41, 5.74) is 1.12. The Bertz CT molecular complexity index is 1110. The van der Waals surface area contributed by atoms with Crippen LogP contribution < -0.4 is 10.3 Å². The fourth-order valence-corrected chi connectivity index (χ4v) is 4.41. The van der Waals surface area contributed by atoms with Crippen LogP contribution in [0.1, 0.15) is 6.92 Å². The number of benzene rings is 2. The minimum absolute atomic E-state index is 0.0204. The molecule has 3 aromatic rings. The van der Waals surface area contributed by atoms with Crippen molar-refractivity contribution in [1.82, 2.24) is 14.5 Å². The molecule has 0 bridgehead atoms. The van der Waals surface area contributed by atoms with Gasteiger partial charge in [-0.15, -0.1) is 0 Å². The fraction of sp³-hybridized carbons (Fsp3) is 0.318. The number of aromatic nitrogens is 2. The van der Waals surface area contributed by atoms with E-state index in [0.29, 0.717) is 53.8 Å². The molecule has 8 heteroatoms. The number of fused-ring (bicyclic) bond motifs is 1. The number of thioether (sulfide) groups is 1. The molecular weight excluding hydrogens is 402 g/mol. The summed E-state index contributed by atoms with van der Waals surface area (Å²) in [6.07, 6.45) is 0. The summed E-state index contributed by atoms with van der Waals surface area (Å²) in [5.74, 6) is 0.720. The molecule has 1 aromatic heterocycles. The SMILES string of the molecule is COc1ccc(-n2c(S[C@H](C)C(=O)N3CCOCC3)nc3ccccc3c2=O)cc1. The average Bonchev–Trinajstić information content (AvgIpc) is 2.79. The van der Waals surface area contributed by atoms with Crippen molar-refractivity contribution in [3.05, 3.63) is 58.9 Å². The Morgan fingerprint density at radius 3 is 2.53 bits per heavy atom. The second-order valence-corrected chi connectivity index (χ2v) is 8.26. The number of rotatable bonds is 5. The molecule has 156 valence electrons. The highest BCUT2D eigenvalue weighted by atomic mass is 32.2. The molecule has 1 aliphatic rings. The third-order valence-corrected chi connectivity index (χ3v) is 6.07. The number of hydrogen-bond acceptors (Lipinski definition) is 6. The molecular formula is C22H23N3O4S. The number of morpholine rings is 1. The molecule has 7 nitrogen and oxygen atoms in total. The Morgan fingerprint density at radius 1 is 1.13 bits per heavy atom. The van der Waals surface area contributed by atoms with Gasteiger partial charge in [0, 0.05) is 13.1 Å². The van der Waals surface area contributed by atoms with Crippen molar-refractivity contribution in [3.63, 3.8) is 0 Å². The summed E-state index contributed by atoms with van der Waals surface area (Å²) in [6.45, 7) is 4.12. The second-order valence-electron chi connectivity index (χ2n) is 6.95. The van der Waals surface area contributed by atoms with E-state index in [1.165, 1.54) is 11.8 Å². The van der Waals surface area contributed by atoms with Crippen molar-refractivity contribution in [3.8, 4) is 11.4 Å². The molecule has 0 aliphatic carbocycles. The average molecular weight is 426 g/mol. The summed E-state index contributed by atoms with van der Waals surface area (Å²) in [4.78, 5) is 32.7. The minimum atomic E-state index is -0.388. The monoisotopic (exact) mass is 425 g/mol. The predicted octanol–water partition coefficient (Wildman–Crippen LogP) is 2.73. The third-order valence-electron chi connectivity index (χ3n) is 5.03.